The first-order valence-electron chi connectivity index (χ1n) is 8.97. The lowest BCUT2D eigenvalue weighted by Crippen LogP contribution is -2.38. The van der Waals surface area contributed by atoms with Gasteiger partial charge < -0.3 is 14.2 Å². The Hall–Kier alpha value is -0.133. The molecule has 0 saturated carbocycles. The highest BCUT2D eigenvalue weighted by Gasteiger charge is 2.32. The molecule has 7 heteroatoms. The van der Waals surface area contributed by atoms with Crippen LogP contribution in [-0.4, -0.2) is 18.4 Å². The van der Waals surface area contributed by atoms with Gasteiger partial charge in [0, 0.05) is 18.9 Å². The molecule has 0 fully saturated rings. The number of unbranched alkanes of at least 4 members (excludes halogenated alkanes) is 3. The van der Waals surface area contributed by atoms with E-state index >= 15 is 0 Å². The Morgan fingerprint density at radius 3 is 2.68 bits per heavy atom. The zero-order valence-electron chi connectivity index (χ0n) is 15.0. The molecule has 3 nitrogen and oxygen atoms in total. The molecule has 0 saturated heterocycles. The molecule has 1 aliphatic rings. The average Bonchev–Trinajstić information content (AvgIpc) is 2.55. The maximum absolute atomic E-state index is 6.10. The first kappa shape index (κ1) is 21.2. The van der Waals surface area contributed by atoms with E-state index in [0.29, 0.717) is 19.3 Å². The highest BCUT2D eigenvalue weighted by Crippen LogP contribution is 2.36. The molecule has 1 aromatic carbocycles. The molecule has 1 aromatic rings. The van der Waals surface area contributed by atoms with Crippen molar-refractivity contribution in [3.05, 3.63) is 23.8 Å². The van der Waals surface area contributed by atoms with Crippen molar-refractivity contribution in [1.82, 2.24) is 0 Å². The van der Waals surface area contributed by atoms with Gasteiger partial charge in [-0.25, -0.2) is 0 Å². The van der Waals surface area contributed by atoms with Crippen LogP contribution < -0.4 is 9.47 Å². The molecule has 25 heavy (non-hydrogen) atoms. The summed E-state index contributed by atoms with van der Waals surface area (Å²) in [4.78, 5) is 0. The molecule has 2 rings (SSSR count). The van der Waals surface area contributed by atoms with E-state index in [2.05, 4.69) is 6.92 Å². The van der Waals surface area contributed by atoms with E-state index in [0.717, 1.165) is 36.3 Å². The largest absolute Gasteiger partial charge is 0.494 e. The van der Waals surface area contributed by atoms with Gasteiger partial charge in [-0.3, -0.25) is 0 Å². The zero-order chi connectivity index (χ0) is 18.3. The van der Waals surface area contributed by atoms with Crippen molar-refractivity contribution in [2.75, 3.05) is 6.61 Å². The van der Waals surface area contributed by atoms with Crippen molar-refractivity contribution < 1.29 is 14.2 Å². The fourth-order valence-electron chi connectivity index (χ4n) is 2.81. The van der Waals surface area contributed by atoms with Crippen molar-refractivity contribution in [3.63, 3.8) is 0 Å². The van der Waals surface area contributed by atoms with E-state index in [-0.39, 0.29) is 0 Å². The van der Waals surface area contributed by atoms with E-state index in [9.17, 15) is 0 Å². The smallest absolute Gasteiger partial charge is 0.341 e. The monoisotopic (exact) mass is 424 g/mol. The van der Waals surface area contributed by atoms with Gasteiger partial charge in [-0.1, -0.05) is 26.2 Å². The molecule has 0 spiro atoms. The van der Waals surface area contributed by atoms with Gasteiger partial charge in [-0.05, 0) is 37.1 Å². The molecule has 0 amide bonds. The fraction of sp³-hybridized carbons (Fsp3) is 0.667. The summed E-state index contributed by atoms with van der Waals surface area (Å²) >= 11 is 17.6. The number of halogens is 3. The molecule has 142 valence electrons. The Kier molecular flexibility index (Phi) is 8.21. The molecular weight excluding hydrogens is 399 g/mol. The Morgan fingerprint density at radius 2 is 1.96 bits per heavy atom. The van der Waals surface area contributed by atoms with Gasteiger partial charge in [-0.2, -0.15) is 0 Å². The number of hydrogen-bond acceptors (Lipinski definition) is 3. The minimum atomic E-state index is -2.55. The summed E-state index contributed by atoms with van der Waals surface area (Å²) in [6, 6.07) is 3.90. The lowest BCUT2D eigenvalue weighted by atomic mass is 10.1. The van der Waals surface area contributed by atoms with E-state index in [4.69, 9.17) is 47.4 Å². The first-order valence-corrected chi connectivity index (χ1v) is 14.2. The Balaban J connectivity index is 1.84. The predicted molar refractivity (Wildman–Crippen MR) is 107 cm³/mol. The lowest BCUT2D eigenvalue weighted by Gasteiger charge is -2.36. The van der Waals surface area contributed by atoms with Gasteiger partial charge in [-0.15, -0.1) is 33.2 Å². The number of benzene rings is 1. The molecule has 1 heterocycles. The summed E-state index contributed by atoms with van der Waals surface area (Å²) in [5.74, 6) is 1.15. The molecule has 1 atom stereocenters. The Bertz CT molecular complexity index is 551. The molecule has 0 aliphatic carbocycles. The average molecular weight is 426 g/mol. The predicted octanol–water partition coefficient (Wildman–Crippen LogP) is 6.71. The number of ether oxygens (including phenoxy) is 3. The van der Waals surface area contributed by atoms with Crippen molar-refractivity contribution in [3.8, 4) is 11.5 Å². The van der Waals surface area contributed by atoms with E-state index in [1.165, 1.54) is 19.3 Å². The second-order valence-corrected chi connectivity index (χ2v) is 16.0. The van der Waals surface area contributed by atoms with Gasteiger partial charge in [0.05, 0.1) is 13.2 Å². The van der Waals surface area contributed by atoms with Crippen LogP contribution in [0.15, 0.2) is 18.2 Å². The third kappa shape index (κ3) is 7.55. The minimum Gasteiger partial charge on any atom is -0.494 e. The van der Waals surface area contributed by atoms with Crippen molar-refractivity contribution in [1.29, 1.82) is 0 Å². The summed E-state index contributed by atoms with van der Waals surface area (Å²) < 4.78 is 17.8. The maximum Gasteiger partial charge on any atom is 0.341 e. The summed E-state index contributed by atoms with van der Waals surface area (Å²) in [5.41, 5.74) is 1.01. The molecule has 1 aliphatic heterocycles. The Labute approximate surface area is 166 Å². The van der Waals surface area contributed by atoms with E-state index < -0.39 is 11.8 Å². The fourth-order valence-corrected chi connectivity index (χ4v) is 4.56. The van der Waals surface area contributed by atoms with Crippen LogP contribution >= 0.6 is 33.2 Å². The topological polar surface area (TPSA) is 27.7 Å². The van der Waals surface area contributed by atoms with Gasteiger partial charge in [0.15, 0.2) is 0 Å². The van der Waals surface area contributed by atoms with E-state index in [1.54, 1.807) is 0 Å². The van der Waals surface area contributed by atoms with Gasteiger partial charge in [0.1, 0.15) is 11.5 Å². The van der Waals surface area contributed by atoms with Crippen LogP contribution in [0.25, 0.3) is 0 Å². The minimum absolute atomic E-state index is 0.530. The van der Waals surface area contributed by atoms with Crippen molar-refractivity contribution in [2.24, 2.45) is 0 Å². The maximum atomic E-state index is 6.10. The Morgan fingerprint density at radius 1 is 1.16 bits per heavy atom. The highest BCUT2D eigenvalue weighted by molar-refractivity contribution is 7.64. The first-order chi connectivity index (χ1) is 11.8. The molecule has 0 N–H and O–H groups in total. The van der Waals surface area contributed by atoms with Crippen LogP contribution in [0, 0.1) is 0 Å². The number of rotatable bonds is 10. The summed E-state index contributed by atoms with van der Waals surface area (Å²) in [6.07, 6.45) is 6.47. The highest BCUT2D eigenvalue weighted by atomic mass is 35.8. The van der Waals surface area contributed by atoms with Crippen LogP contribution in [0.3, 0.4) is 0 Å². The van der Waals surface area contributed by atoms with E-state index in [1.807, 2.05) is 25.1 Å². The van der Waals surface area contributed by atoms with Crippen molar-refractivity contribution in [2.45, 2.75) is 70.8 Å². The third-order valence-corrected chi connectivity index (χ3v) is 6.87. The third-order valence-electron chi connectivity index (χ3n) is 4.25. The quantitative estimate of drug-likeness (QED) is 0.237. The van der Waals surface area contributed by atoms with Crippen LogP contribution in [0.2, 0.25) is 6.04 Å². The molecule has 0 bridgehead atoms. The number of hydrogen-bond donors (Lipinski definition) is 0. The second-order valence-electron chi connectivity index (χ2n) is 6.67. The van der Waals surface area contributed by atoms with Crippen LogP contribution in [0.4, 0.5) is 0 Å². The van der Waals surface area contributed by atoms with Crippen LogP contribution in [-0.2, 0) is 11.3 Å². The summed E-state index contributed by atoms with van der Waals surface area (Å²) in [6.45, 7) is 5.31. The lowest BCUT2D eigenvalue weighted by molar-refractivity contribution is -0.198. The number of fused-ring (bicyclic) bond motifs is 1. The summed E-state index contributed by atoms with van der Waals surface area (Å²) in [5, 5.41) is 0. The zero-order valence-corrected chi connectivity index (χ0v) is 18.2. The molecule has 1 unspecified atom stereocenters. The summed E-state index contributed by atoms with van der Waals surface area (Å²) in [7, 11) is 0. The van der Waals surface area contributed by atoms with Gasteiger partial charge in [0.2, 0.25) is 5.79 Å². The van der Waals surface area contributed by atoms with Crippen LogP contribution in [0.5, 0.6) is 11.5 Å². The molecule has 0 aromatic heterocycles. The van der Waals surface area contributed by atoms with Gasteiger partial charge >= 0.3 is 6.00 Å². The normalized spacial score (nSPS) is 20.0. The standard InChI is InChI=1S/C18H27Cl3O3Si/c1-3-4-5-6-10-18(2)23-14-15-13-16(8-9-17(15)24-18)22-11-7-12-25(19,20)21/h8-9,13H,3-7,10-12,14H2,1-2H3. The SMILES string of the molecule is CCCCCCC1(C)OCc2cc(OCCC[Si](Cl)(Cl)Cl)ccc2O1. The van der Waals surface area contributed by atoms with Crippen LogP contribution in [0.1, 0.15) is 57.9 Å². The second kappa shape index (κ2) is 9.70. The molecular formula is C18H27Cl3O3Si. The molecule has 0 radical (unpaired) electrons. The van der Waals surface area contributed by atoms with Gasteiger partial charge in [0.25, 0.3) is 0 Å². The van der Waals surface area contributed by atoms with Crippen molar-refractivity contribution >= 4 is 39.2 Å².